The predicted molar refractivity (Wildman–Crippen MR) is 108 cm³/mol. The molecule has 0 atom stereocenters. The summed E-state index contributed by atoms with van der Waals surface area (Å²) in [6.07, 6.45) is 6.74. The average molecular weight is 404 g/mol. The molecule has 0 radical (unpaired) electrons. The van der Waals surface area contributed by atoms with Crippen molar-refractivity contribution in [1.29, 1.82) is 0 Å². The first-order chi connectivity index (χ1) is 13.0. The number of anilines is 1. The molecule has 27 heavy (non-hydrogen) atoms. The molecule has 1 N–H and O–H groups in total. The zero-order valence-electron chi connectivity index (χ0n) is 15.0. The van der Waals surface area contributed by atoms with Gasteiger partial charge in [-0.2, -0.15) is 10.2 Å². The number of aryl methyl sites for hydroxylation is 2. The van der Waals surface area contributed by atoms with Gasteiger partial charge in [0.2, 0.25) is 5.91 Å². The summed E-state index contributed by atoms with van der Waals surface area (Å²) >= 11 is 12.4. The van der Waals surface area contributed by atoms with Crippen LogP contribution in [-0.4, -0.2) is 25.5 Å². The van der Waals surface area contributed by atoms with Crippen molar-refractivity contribution in [2.45, 2.75) is 26.9 Å². The first-order valence-electron chi connectivity index (χ1n) is 8.45. The lowest BCUT2D eigenvalue weighted by molar-refractivity contribution is -0.111. The van der Waals surface area contributed by atoms with Gasteiger partial charge in [-0.15, -0.1) is 0 Å². The number of amides is 1. The molecule has 140 valence electrons. The lowest BCUT2D eigenvalue weighted by Gasteiger charge is -2.08. The Hall–Kier alpha value is -2.57. The van der Waals surface area contributed by atoms with E-state index >= 15 is 0 Å². The van der Waals surface area contributed by atoms with Crippen molar-refractivity contribution in [3.63, 3.8) is 0 Å². The maximum absolute atomic E-state index is 12.1. The number of nitrogens with zero attached hydrogens (tertiary/aromatic N) is 4. The molecule has 0 aliphatic heterocycles. The van der Waals surface area contributed by atoms with Gasteiger partial charge in [-0.1, -0.05) is 29.3 Å². The lowest BCUT2D eigenvalue weighted by atomic mass is 10.2. The Morgan fingerprint density at radius 3 is 2.70 bits per heavy atom. The quantitative estimate of drug-likeness (QED) is 0.619. The van der Waals surface area contributed by atoms with Gasteiger partial charge in [-0.25, -0.2) is 0 Å². The van der Waals surface area contributed by atoms with Gasteiger partial charge >= 0.3 is 0 Å². The van der Waals surface area contributed by atoms with E-state index in [2.05, 4.69) is 15.5 Å². The van der Waals surface area contributed by atoms with E-state index in [0.717, 1.165) is 23.4 Å². The van der Waals surface area contributed by atoms with E-state index < -0.39 is 0 Å². The summed E-state index contributed by atoms with van der Waals surface area (Å²) in [5.41, 5.74) is 2.54. The van der Waals surface area contributed by atoms with Crippen molar-refractivity contribution in [1.82, 2.24) is 19.6 Å². The third-order valence-electron chi connectivity index (χ3n) is 4.01. The van der Waals surface area contributed by atoms with E-state index in [1.165, 1.54) is 6.08 Å². The molecule has 0 saturated carbocycles. The Morgan fingerprint density at radius 1 is 1.30 bits per heavy atom. The monoisotopic (exact) mass is 403 g/mol. The Labute approximate surface area is 167 Å². The molecule has 1 aromatic carbocycles. The predicted octanol–water partition coefficient (Wildman–Crippen LogP) is 4.41. The summed E-state index contributed by atoms with van der Waals surface area (Å²) in [7, 11) is 0. The fourth-order valence-electron chi connectivity index (χ4n) is 2.54. The van der Waals surface area contributed by atoms with Crippen molar-refractivity contribution in [3.8, 4) is 0 Å². The Bertz CT molecular complexity index is 970. The number of rotatable bonds is 6. The van der Waals surface area contributed by atoms with Crippen LogP contribution >= 0.6 is 23.2 Å². The highest BCUT2D eigenvalue weighted by molar-refractivity contribution is 6.35. The third-order valence-corrected chi connectivity index (χ3v) is 4.71. The van der Waals surface area contributed by atoms with Crippen LogP contribution in [-0.2, 0) is 17.9 Å². The molecular weight excluding hydrogens is 385 g/mol. The smallest absolute Gasteiger partial charge is 0.249 e. The van der Waals surface area contributed by atoms with Crippen molar-refractivity contribution in [2.75, 3.05) is 5.32 Å². The topological polar surface area (TPSA) is 64.7 Å². The number of aromatic nitrogens is 4. The summed E-state index contributed by atoms with van der Waals surface area (Å²) in [5, 5.41) is 12.5. The number of nitrogens with one attached hydrogen (secondary N) is 1. The number of carbonyl (C=O) groups excluding carboxylic acids is 1. The van der Waals surface area contributed by atoms with E-state index in [4.69, 9.17) is 23.2 Å². The molecule has 6 nitrogen and oxygen atoms in total. The molecule has 0 spiro atoms. The molecule has 1 amide bonds. The number of hydrogen-bond acceptors (Lipinski definition) is 3. The van der Waals surface area contributed by atoms with Gasteiger partial charge in [0.1, 0.15) is 0 Å². The first-order valence-corrected chi connectivity index (χ1v) is 9.20. The zero-order chi connectivity index (χ0) is 19.4. The highest BCUT2D eigenvalue weighted by Gasteiger charge is 2.11. The van der Waals surface area contributed by atoms with E-state index in [-0.39, 0.29) is 5.91 Å². The Morgan fingerprint density at radius 2 is 2.04 bits per heavy atom. The molecule has 0 bridgehead atoms. The van der Waals surface area contributed by atoms with E-state index in [1.807, 2.05) is 20.0 Å². The minimum atomic E-state index is -0.264. The number of hydrogen-bond donors (Lipinski definition) is 1. The Balaban J connectivity index is 1.68. The van der Waals surface area contributed by atoms with E-state index in [9.17, 15) is 4.79 Å². The number of benzene rings is 1. The molecule has 0 aliphatic rings. The summed E-state index contributed by atoms with van der Waals surface area (Å²) < 4.78 is 3.54. The second-order valence-electron chi connectivity index (χ2n) is 5.98. The summed E-state index contributed by atoms with van der Waals surface area (Å²) in [6, 6.07) is 7.17. The van der Waals surface area contributed by atoms with Crippen LogP contribution in [0.1, 0.15) is 23.7 Å². The maximum atomic E-state index is 12.1. The molecule has 3 rings (SSSR count). The average Bonchev–Trinajstić information content (AvgIpc) is 3.23. The standard InChI is InChI=1S/C19H19Cl2N5O/c1-3-25-11-14(10-22-25)7-8-19(27)23-18-9-13(2)26(24-18)12-15-16(20)5-4-6-17(15)21/h4-11H,3,12H2,1-2H3,(H,23,24,27)/b8-7+. The van der Waals surface area contributed by atoms with Gasteiger partial charge in [-0.05, 0) is 32.1 Å². The molecule has 2 aromatic heterocycles. The van der Waals surface area contributed by atoms with Gasteiger partial charge in [0.15, 0.2) is 5.82 Å². The van der Waals surface area contributed by atoms with Crippen LogP contribution in [0.25, 0.3) is 6.08 Å². The highest BCUT2D eigenvalue weighted by atomic mass is 35.5. The van der Waals surface area contributed by atoms with Crippen LogP contribution in [0.5, 0.6) is 0 Å². The highest BCUT2D eigenvalue weighted by Crippen LogP contribution is 2.25. The van der Waals surface area contributed by atoms with Crippen molar-refractivity contribution in [2.24, 2.45) is 0 Å². The molecule has 0 aliphatic carbocycles. The second kappa shape index (κ2) is 8.41. The SMILES string of the molecule is CCn1cc(/C=C/C(=O)Nc2cc(C)n(Cc3c(Cl)cccc3Cl)n2)cn1. The number of halogens is 2. The fourth-order valence-corrected chi connectivity index (χ4v) is 3.06. The van der Waals surface area contributed by atoms with Crippen LogP contribution in [0.15, 0.2) is 42.7 Å². The van der Waals surface area contributed by atoms with Crippen molar-refractivity contribution < 1.29 is 4.79 Å². The van der Waals surface area contributed by atoms with Crippen molar-refractivity contribution >= 4 is 41.0 Å². The molecule has 2 heterocycles. The van der Waals surface area contributed by atoms with Gasteiger partial charge in [0.25, 0.3) is 0 Å². The zero-order valence-corrected chi connectivity index (χ0v) is 16.5. The maximum Gasteiger partial charge on any atom is 0.249 e. The van der Waals surface area contributed by atoms with Crippen LogP contribution in [0.2, 0.25) is 10.0 Å². The van der Waals surface area contributed by atoms with Gasteiger partial charge in [0, 0.05) is 51.8 Å². The lowest BCUT2D eigenvalue weighted by Crippen LogP contribution is -2.10. The normalized spacial score (nSPS) is 11.3. The third kappa shape index (κ3) is 4.78. The van der Waals surface area contributed by atoms with Gasteiger partial charge < -0.3 is 5.32 Å². The molecular formula is C19H19Cl2N5O. The summed E-state index contributed by atoms with van der Waals surface area (Å²) in [6.45, 7) is 5.11. The van der Waals surface area contributed by atoms with Crippen LogP contribution in [0.3, 0.4) is 0 Å². The van der Waals surface area contributed by atoms with E-state index in [0.29, 0.717) is 22.4 Å². The minimum absolute atomic E-state index is 0.264. The van der Waals surface area contributed by atoms with Gasteiger partial charge in [0.05, 0.1) is 12.7 Å². The van der Waals surface area contributed by atoms with Crippen molar-refractivity contribution in [3.05, 3.63) is 69.6 Å². The summed E-state index contributed by atoms with van der Waals surface area (Å²) in [4.78, 5) is 12.1. The van der Waals surface area contributed by atoms with Gasteiger partial charge in [-0.3, -0.25) is 14.2 Å². The van der Waals surface area contributed by atoms with E-state index in [1.54, 1.807) is 45.9 Å². The molecule has 0 fully saturated rings. The summed E-state index contributed by atoms with van der Waals surface area (Å²) in [5.74, 6) is 0.203. The molecule has 3 aromatic rings. The number of carbonyl (C=O) groups is 1. The first kappa shape index (κ1) is 19.2. The Kier molecular flexibility index (Phi) is 5.98. The van der Waals surface area contributed by atoms with Crippen LogP contribution in [0.4, 0.5) is 5.82 Å². The minimum Gasteiger partial charge on any atom is -0.306 e. The second-order valence-corrected chi connectivity index (χ2v) is 6.80. The largest absolute Gasteiger partial charge is 0.306 e. The van der Waals surface area contributed by atoms with Crippen LogP contribution < -0.4 is 5.32 Å². The molecule has 0 saturated heterocycles. The van der Waals surface area contributed by atoms with Crippen LogP contribution in [0, 0.1) is 6.92 Å². The fraction of sp³-hybridized carbons (Fsp3) is 0.211. The molecule has 0 unspecified atom stereocenters. The molecule has 8 heteroatoms.